The lowest BCUT2D eigenvalue weighted by Gasteiger charge is -2.27. The molecular formula is C52H33NOS. The quantitative estimate of drug-likeness (QED) is 0.170. The monoisotopic (exact) mass is 719 g/mol. The lowest BCUT2D eigenvalue weighted by molar-refractivity contribution is 0.669. The van der Waals surface area contributed by atoms with Gasteiger partial charge in [0.25, 0.3) is 0 Å². The minimum Gasteiger partial charge on any atom is -0.454 e. The van der Waals surface area contributed by atoms with Crippen molar-refractivity contribution in [1.82, 2.24) is 0 Å². The Kier molecular flexibility index (Phi) is 7.39. The molecule has 0 bridgehead atoms. The van der Waals surface area contributed by atoms with E-state index < -0.39 is 0 Å². The summed E-state index contributed by atoms with van der Waals surface area (Å²) in [6.45, 7) is 0. The van der Waals surface area contributed by atoms with E-state index in [1.165, 1.54) is 53.2 Å². The molecule has 0 amide bonds. The van der Waals surface area contributed by atoms with Gasteiger partial charge in [-0.2, -0.15) is 0 Å². The Bertz CT molecular complexity index is 3200. The zero-order chi connectivity index (χ0) is 36.3. The highest BCUT2D eigenvalue weighted by atomic mass is 32.1. The lowest BCUT2D eigenvalue weighted by Crippen LogP contribution is -2.10. The van der Waals surface area contributed by atoms with Gasteiger partial charge in [0.15, 0.2) is 5.58 Å². The Morgan fingerprint density at radius 2 is 1.02 bits per heavy atom. The van der Waals surface area contributed by atoms with E-state index in [2.05, 4.69) is 199 Å². The summed E-state index contributed by atoms with van der Waals surface area (Å²) in [6, 6.07) is 72.3. The first-order valence-electron chi connectivity index (χ1n) is 18.7. The van der Waals surface area contributed by atoms with Crippen molar-refractivity contribution in [2.45, 2.75) is 0 Å². The Labute approximate surface area is 322 Å². The molecule has 3 heteroatoms. The number of nitrogens with zero attached hydrogens (tertiary/aromatic N) is 1. The first-order valence-corrected chi connectivity index (χ1v) is 19.5. The molecule has 2 aromatic heterocycles. The van der Waals surface area contributed by atoms with Crippen molar-refractivity contribution in [3.8, 4) is 33.4 Å². The molecule has 0 spiro atoms. The van der Waals surface area contributed by atoms with Crippen LogP contribution in [0.2, 0.25) is 0 Å². The summed E-state index contributed by atoms with van der Waals surface area (Å²) in [5.41, 5.74) is 11.9. The van der Waals surface area contributed by atoms with Crippen molar-refractivity contribution in [3.63, 3.8) is 0 Å². The fraction of sp³-hybridized carbons (Fsp3) is 0. The summed E-state index contributed by atoms with van der Waals surface area (Å²) in [5, 5.41) is 7.24. The van der Waals surface area contributed by atoms with Gasteiger partial charge in [0.05, 0.1) is 5.69 Å². The third-order valence-corrected chi connectivity index (χ3v) is 12.0. The molecular weight excluding hydrogens is 687 g/mol. The molecule has 11 aromatic rings. The number of anilines is 3. The first-order chi connectivity index (χ1) is 27.2. The summed E-state index contributed by atoms with van der Waals surface area (Å²) in [7, 11) is 0. The second-order valence-electron chi connectivity index (χ2n) is 14.1. The van der Waals surface area contributed by atoms with Crippen LogP contribution in [0.1, 0.15) is 0 Å². The van der Waals surface area contributed by atoms with Crippen LogP contribution in [0.5, 0.6) is 0 Å². The SMILES string of the molecule is c1ccc(-c2ccc(N(c3cc(-c4ccc5sc6ccccc6c5c4)cc(-c4cccc5ccccc45)c3)c3cccc4c3oc3ccccc34)cc2)cc1. The number of hydrogen-bond donors (Lipinski definition) is 0. The molecule has 2 heterocycles. The second-order valence-corrected chi connectivity index (χ2v) is 15.2. The third-order valence-electron chi connectivity index (χ3n) is 10.8. The molecule has 0 aliphatic heterocycles. The third kappa shape index (κ3) is 5.40. The number of fused-ring (bicyclic) bond motifs is 7. The number of para-hydroxylation sites is 2. The molecule has 0 fully saturated rings. The van der Waals surface area contributed by atoms with Crippen LogP contribution >= 0.6 is 11.3 Å². The summed E-state index contributed by atoms with van der Waals surface area (Å²) < 4.78 is 9.34. The largest absolute Gasteiger partial charge is 0.454 e. The molecule has 0 unspecified atom stereocenters. The van der Waals surface area contributed by atoms with Crippen LogP contribution in [0.15, 0.2) is 205 Å². The molecule has 9 aromatic carbocycles. The fourth-order valence-corrected chi connectivity index (χ4v) is 9.30. The maximum Gasteiger partial charge on any atom is 0.159 e. The van der Waals surface area contributed by atoms with Gasteiger partial charge in [0.2, 0.25) is 0 Å². The van der Waals surface area contributed by atoms with Gasteiger partial charge in [0, 0.05) is 42.3 Å². The van der Waals surface area contributed by atoms with Crippen LogP contribution in [-0.2, 0) is 0 Å². The van der Waals surface area contributed by atoms with E-state index >= 15 is 0 Å². The Balaban J connectivity index is 1.19. The summed E-state index contributed by atoms with van der Waals surface area (Å²) >= 11 is 1.85. The molecule has 2 nitrogen and oxygen atoms in total. The van der Waals surface area contributed by atoms with Crippen molar-refractivity contribution >= 4 is 81.3 Å². The molecule has 0 N–H and O–H groups in total. The highest BCUT2D eigenvalue weighted by Gasteiger charge is 2.21. The second kappa shape index (κ2) is 12.9. The van der Waals surface area contributed by atoms with Crippen molar-refractivity contribution in [1.29, 1.82) is 0 Å². The first kappa shape index (κ1) is 31.6. The van der Waals surface area contributed by atoms with E-state index in [-0.39, 0.29) is 0 Å². The molecule has 55 heavy (non-hydrogen) atoms. The summed E-state index contributed by atoms with van der Waals surface area (Å²) in [5.74, 6) is 0. The maximum atomic E-state index is 6.73. The number of furan rings is 1. The zero-order valence-electron chi connectivity index (χ0n) is 29.8. The molecule has 0 atom stereocenters. The number of rotatable bonds is 6. The van der Waals surface area contributed by atoms with Crippen LogP contribution < -0.4 is 4.90 Å². The predicted molar refractivity (Wildman–Crippen MR) is 235 cm³/mol. The van der Waals surface area contributed by atoms with Gasteiger partial charge in [-0.25, -0.2) is 0 Å². The van der Waals surface area contributed by atoms with E-state index in [1.54, 1.807) is 0 Å². The zero-order valence-corrected chi connectivity index (χ0v) is 30.6. The average Bonchev–Trinajstić information content (AvgIpc) is 3.83. The molecule has 11 rings (SSSR count). The summed E-state index contributed by atoms with van der Waals surface area (Å²) in [6.07, 6.45) is 0. The Morgan fingerprint density at radius 3 is 1.91 bits per heavy atom. The van der Waals surface area contributed by atoms with Gasteiger partial charge < -0.3 is 9.32 Å². The minimum atomic E-state index is 0.860. The van der Waals surface area contributed by atoms with Gasteiger partial charge in [-0.15, -0.1) is 11.3 Å². The van der Waals surface area contributed by atoms with E-state index in [0.717, 1.165) is 50.1 Å². The van der Waals surface area contributed by atoms with Gasteiger partial charge in [0.1, 0.15) is 5.58 Å². The van der Waals surface area contributed by atoms with Crippen LogP contribution in [0.3, 0.4) is 0 Å². The lowest BCUT2D eigenvalue weighted by atomic mass is 9.93. The highest BCUT2D eigenvalue weighted by molar-refractivity contribution is 7.25. The van der Waals surface area contributed by atoms with E-state index in [0.29, 0.717) is 0 Å². The van der Waals surface area contributed by atoms with Crippen LogP contribution in [0.25, 0.3) is 86.3 Å². The van der Waals surface area contributed by atoms with Gasteiger partial charge >= 0.3 is 0 Å². The molecule has 0 saturated carbocycles. The Morgan fingerprint density at radius 1 is 0.364 bits per heavy atom. The fourth-order valence-electron chi connectivity index (χ4n) is 8.21. The van der Waals surface area contributed by atoms with E-state index in [9.17, 15) is 0 Å². The topological polar surface area (TPSA) is 16.4 Å². The van der Waals surface area contributed by atoms with Crippen molar-refractivity contribution in [3.05, 3.63) is 200 Å². The number of thiophene rings is 1. The highest BCUT2D eigenvalue weighted by Crippen LogP contribution is 2.46. The number of benzene rings is 9. The van der Waals surface area contributed by atoms with E-state index in [4.69, 9.17) is 4.42 Å². The predicted octanol–water partition coefficient (Wildman–Crippen LogP) is 15.6. The van der Waals surface area contributed by atoms with Crippen LogP contribution in [0, 0.1) is 0 Å². The van der Waals surface area contributed by atoms with Crippen LogP contribution in [-0.4, -0.2) is 0 Å². The minimum absolute atomic E-state index is 0.860. The summed E-state index contributed by atoms with van der Waals surface area (Å²) in [4.78, 5) is 2.37. The molecule has 0 aliphatic rings. The maximum absolute atomic E-state index is 6.73. The van der Waals surface area contributed by atoms with Crippen molar-refractivity contribution in [2.75, 3.05) is 4.90 Å². The van der Waals surface area contributed by atoms with E-state index in [1.807, 2.05) is 17.4 Å². The molecule has 0 radical (unpaired) electrons. The van der Waals surface area contributed by atoms with Crippen molar-refractivity contribution in [2.24, 2.45) is 0 Å². The van der Waals surface area contributed by atoms with Crippen LogP contribution in [0.4, 0.5) is 17.1 Å². The molecule has 258 valence electrons. The smallest absolute Gasteiger partial charge is 0.159 e. The average molecular weight is 720 g/mol. The Hall–Kier alpha value is -6.94. The van der Waals surface area contributed by atoms with Gasteiger partial charge in [-0.3, -0.25) is 0 Å². The molecule has 0 saturated heterocycles. The van der Waals surface area contributed by atoms with Gasteiger partial charge in [-0.1, -0.05) is 140 Å². The number of hydrogen-bond acceptors (Lipinski definition) is 3. The standard InChI is InChI=1S/C52H33NOS/c1-2-12-34(13-3-1)35-24-27-40(28-25-35)53(48-21-11-20-46-44-17-6-8-22-49(44)54-52(46)48)41-31-38(30-39(32-41)43-19-10-15-36-14-4-5-16-42(36)43)37-26-29-51-47(33-37)45-18-7-9-23-50(45)55-51/h1-33H. The van der Waals surface area contributed by atoms with Gasteiger partial charge in [-0.05, 0) is 105 Å². The van der Waals surface area contributed by atoms with Crippen molar-refractivity contribution < 1.29 is 4.42 Å². The molecule has 0 aliphatic carbocycles. The normalized spacial score (nSPS) is 11.6.